The summed E-state index contributed by atoms with van der Waals surface area (Å²) in [6, 6.07) is -1.04. The van der Waals surface area contributed by atoms with Crippen LogP contribution in [-0.2, 0) is 9.59 Å². The van der Waals surface area contributed by atoms with Gasteiger partial charge in [-0.2, -0.15) is 11.8 Å². The highest BCUT2D eigenvalue weighted by Gasteiger charge is 2.23. The largest absolute Gasteiger partial charge is 0.480 e. The van der Waals surface area contributed by atoms with Crippen molar-refractivity contribution in [2.45, 2.75) is 44.2 Å². The van der Waals surface area contributed by atoms with Gasteiger partial charge in [-0.05, 0) is 37.7 Å². The average Bonchev–Trinajstić information content (AvgIpc) is 3.23. The molecule has 0 bridgehead atoms. The molecular weight excluding hydrogens is 294 g/mol. The van der Waals surface area contributed by atoms with Gasteiger partial charge in [-0.25, -0.2) is 9.59 Å². The second-order valence-electron chi connectivity index (χ2n) is 5.02. The third-order valence-electron chi connectivity index (χ3n) is 3.02. The molecule has 0 saturated heterocycles. The molecule has 1 rings (SSSR count). The molecular formula is C13H23N3O4S. The molecule has 0 spiro atoms. The number of urea groups is 1. The first-order chi connectivity index (χ1) is 10.0. The van der Waals surface area contributed by atoms with E-state index in [4.69, 9.17) is 5.11 Å². The third kappa shape index (κ3) is 8.44. The number of carboxylic acid groups (broad SMARTS) is 1. The van der Waals surface area contributed by atoms with Crippen molar-refractivity contribution in [2.24, 2.45) is 0 Å². The monoisotopic (exact) mass is 317 g/mol. The van der Waals surface area contributed by atoms with Crippen molar-refractivity contribution in [1.82, 2.24) is 16.0 Å². The fourth-order valence-corrected chi connectivity index (χ4v) is 2.15. The van der Waals surface area contributed by atoms with Gasteiger partial charge in [0.15, 0.2) is 0 Å². The summed E-state index contributed by atoms with van der Waals surface area (Å²) in [6.45, 7) is 0.346. The number of aliphatic carboxylic acids is 1. The zero-order chi connectivity index (χ0) is 15.7. The molecule has 120 valence electrons. The number of rotatable bonds is 10. The molecule has 0 heterocycles. The number of nitrogens with one attached hydrogen (secondary N) is 3. The van der Waals surface area contributed by atoms with Crippen LogP contribution < -0.4 is 16.0 Å². The Kier molecular flexibility index (Phi) is 7.96. The third-order valence-corrected chi connectivity index (χ3v) is 3.67. The van der Waals surface area contributed by atoms with Crippen LogP contribution in [0.2, 0.25) is 0 Å². The lowest BCUT2D eigenvalue weighted by Gasteiger charge is -2.14. The molecule has 1 aliphatic rings. The van der Waals surface area contributed by atoms with Gasteiger partial charge in [0.2, 0.25) is 5.91 Å². The molecule has 1 saturated carbocycles. The maximum absolute atomic E-state index is 11.6. The number of hydrogen-bond acceptors (Lipinski definition) is 4. The van der Waals surface area contributed by atoms with Gasteiger partial charge >= 0.3 is 12.0 Å². The molecule has 0 aromatic rings. The normalized spacial score (nSPS) is 15.1. The maximum Gasteiger partial charge on any atom is 0.326 e. The van der Waals surface area contributed by atoms with Crippen molar-refractivity contribution >= 4 is 29.7 Å². The molecule has 0 aromatic carbocycles. The van der Waals surface area contributed by atoms with Crippen LogP contribution in [0, 0.1) is 0 Å². The molecule has 8 heteroatoms. The van der Waals surface area contributed by atoms with E-state index in [0.717, 1.165) is 12.8 Å². The van der Waals surface area contributed by atoms with Crippen molar-refractivity contribution in [3.63, 3.8) is 0 Å². The summed E-state index contributed by atoms with van der Waals surface area (Å²) in [5, 5.41) is 16.8. The molecule has 1 unspecified atom stereocenters. The average molecular weight is 317 g/mol. The standard InChI is InChI=1S/C13H23N3O4S/c1-21-8-6-10(12(18)19)16-13(20)14-7-2-3-11(17)15-9-4-5-9/h9-10H,2-8H2,1H3,(H,15,17)(H,18,19)(H2,14,16,20). The Morgan fingerprint density at radius 2 is 2.05 bits per heavy atom. The summed E-state index contributed by atoms with van der Waals surface area (Å²) in [6.07, 6.45) is 5.28. The molecule has 7 nitrogen and oxygen atoms in total. The smallest absolute Gasteiger partial charge is 0.326 e. The maximum atomic E-state index is 11.6. The van der Waals surface area contributed by atoms with Gasteiger partial charge < -0.3 is 21.1 Å². The first kappa shape index (κ1) is 17.6. The van der Waals surface area contributed by atoms with Crippen LogP contribution in [0.3, 0.4) is 0 Å². The SMILES string of the molecule is CSCCC(NC(=O)NCCCC(=O)NC1CC1)C(=O)O. The van der Waals surface area contributed by atoms with E-state index in [0.29, 0.717) is 37.6 Å². The van der Waals surface area contributed by atoms with Crippen LogP contribution in [-0.4, -0.2) is 53.7 Å². The fourth-order valence-electron chi connectivity index (χ4n) is 1.68. The molecule has 21 heavy (non-hydrogen) atoms. The number of carbonyl (C=O) groups is 3. The number of hydrogen-bond donors (Lipinski definition) is 4. The summed E-state index contributed by atoms with van der Waals surface area (Å²) in [4.78, 5) is 33.9. The van der Waals surface area contributed by atoms with E-state index in [1.807, 2.05) is 6.26 Å². The van der Waals surface area contributed by atoms with Crippen molar-refractivity contribution in [2.75, 3.05) is 18.6 Å². The minimum atomic E-state index is -1.04. The van der Waals surface area contributed by atoms with Gasteiger partial charge in [0, 0.05) is 19.0 Å². The summed E-state index contributed by atoms with van der Waals surface area (Å²) >= 11 is 1.53. The summed E-state index contributed by atoms with van der Waals surface area (Å²) in [5.74, 6) is -0.371. The second-order valence-corrected chi connectivity index (χ2v) is 6.00. The van der Waals surface area contributed by atoms with Crippen molar-refractivity contribution in [3.05, 3.63) is 0 Å². The van der Waals surface area contributed by atoms with Crippen molar-refractivity contribution in [1.29, 1.82) is 0 Å². The van der Waals surface area contributed by atoms with E-state index in [9.17, 15) is 14.4 Å². The molecule has 1 atom stereocenters. The van der Waals surface area contributed by atoms with Gasteiger partial charge in [0.25, 0.3) is 0 Å². The summed E-state index contributed by atoms with van der Waals surface area (Å²) in [5.41, 5.74) is 0. The Balaban J connectivity index is 2.10. The quantitative estimate of drug-likeness (QED) is 0.440. The highest BCUT2D eigenvalue weighted by Crippen LogP contribution is 2.18. The predicted octanol–water partition coefficient (Wildman–Crippen LogP) is 0.551. The van der Waals surface area contributed by atoms with Crippen LogP contribution in [0.25, 0.3) is 0 Å². The molecule has 0 aliphatic heterocycles. The zero-order valence-electron chi connectivity index (χ0n) is 12.2. The van der Waals surface area contributed by atoms with Crippen LogP contribution >= 0.6 is 11.8 Å². The summed E-state index contributed by atoms with van der Waals surface area (Å²) < 4.78 is 0. The van der Waals surface area contributed by atoms with E-state index < -0.39 is 18.0 Å². The fraction of sp³-hybridized carbons (Fsp3) is 0.769. The molecule has 1 fully saturated rings. The van der Waals surface area contributed by atoms with Crippen LogP contribution in [0.15, 0.2) is 0 Å². The topological polar surface area (TPSA) is 108 Å². The Bertz CT molecular complexity index is 374. The van der Waals surface area contributed by atoms with E-state index in [1.165, 1.54) is 11.8 Å². The van der Waals surface area contributed by atoms with E-state index in [1.54, 1.807) is 0 Å². The molecule has 0 radical (unpaired) electrons. The number of amides is 3. The van der Waals surface area contributed by atoms with Crippen LogP contribution in [0.5, 0.6) is 0 Å². The van der Waals surface area contributed by atoms with Crippen LogP contribution in [0.4, 0.5) is 4.79 Å². The highest BCUT2D eigenvalue weighted by atomic mass is 32.2. The lowest BCUT2D eigenvalue weighted by Crippen LogP contribution is -2.46. The van der Waals surface area contributed by atoms with Gasteiger partial charge in [0.1, 0.15) is 6.04 Å². The van der Waals surface area contributed by atoms with E-state index in [-0.39, 0.29) is 5.91 Å². The summed E-state index contributed by atoms with van der Waals surface area (Å²) in [7, 11) is 0. The van der Waals surface area contributed by atoms with Gasteiger partial charge in [-0.15, -0.1) is 0 Å². The lowest BCUT2D eigenvalue weighted by molar-refractivity contribution is -0.139. The number of carbonyl (C=O) groups excluding carboxylic acids is 2. The Hall–Kier alpha value is -1.44. The highest BCUT2D eigenvalue weighted by molar-refractivity contribution is 7.98. The number of carboxylic acids is 1. The van der Waals surface area contributed by atoms with Gasteiger partial charge in [0.05, 0.1) is 0 Å². The Labute approximate surface area is 128 Å². The molecule has 1 aliphatic carbocycles. The molecule has 0 aromatic heterocycles. The predicted molar refractivity (Wildman–Crippen MR) is 81.4 cm³/mol. The zero-order valence-corrected chi connectivity index (χ0v) is 13.0. The number of thioether (sulfide) groups is 1. The molecule has 4 N–H and O–H groups in total. The first-order valence-electron chi connectivity index (χ1n) is 7.08. The van der Waals surface area contributed by atoms with E-state index in [2.05, 4.69) is 16.0 Å². The minimum Gasteiger partial charge on any atom is -0.480 e. The Morgan fingerprint density at radius 1 is 1.33 bits per heavy atom. The van der Waals surface area contributed by atoms with Gasteiger partial charge in [-0.3, -0.25) is 4.79 Å². The van der Waals surface area contributed by atoms with Crippen molar-refractivity contribution in [3.8, 4) is 0 Å². The second kappa shape index (κ2) is 9.49. The Morgan fingerprint density at radius 3 is 2.62 bits per heavy atom. The van der Waals surface area contributed by atoms with Gasteiger partial charge in [-0.1, -0.05) is 0 Å². The minimum absolute atomic E-state index is 0.00286. The van der Waals surface area contributed by atoms with Crippen molar-refractivity contribution < 1.29 is 19.5 Å². The first-order valence-corrected chi connectivity index (χ1v) is 8.47. The molecule has 3 amide bonds. The van der Waals surface area contributed by atoms with E-state index >= 15 is 0 Å². The van der Waals surface area contributed by atoms with Crippen LogP contribution in [0.1, 0.15) is 32.1 Å². The lowest BCUT2D eigenvalue weighted by atomic mass is 10.2.